The van der Waals surface area contributed by atoms with Gasteiger partial charge in [0.05, 0.1) is 21.6 Å². The maximum absolute atomic E-state index is 13.7. The molecule has 4 aromatic rings. The monoisotopic (exact) mass is 328 g/mol. The number of aryl methyl sites for hydroxylation is 1. The Morgan fingerprint density at radius 2 is 2.13 bits per heavy atom. The minimum absolute atomic E-state index is 0.0860. The minimum Gasteiger partial charge on any atom is -0.339 e. The number of hydrogen-bond donors (Lipinski definition) is 1. The predicted octanol–water partition coefficient (Wildman–Crippen LogP) is 3.36. The number of halogens is 2. The zero-order valence-corrected chi connectivity index (χ0v) is 12.7. The van der Waals surface area contributed by atoms with E-state index in [9.17, 15) is 9.18 Å². The number of aromatic amines is 1. The number of rotatable bonds is 1. The fourth-order valence-corrected chi connectivity index (χ4v) is 2.82. The molecule has 0 radical (unpaired) electrons. The van der Waals surface area contributed by atoms with Gasteiger partial charge in [0.15, 0.2) is 5.82 Å². The Morgan fingerprint density at radius 1 is 1.30 bits per heavy atom. The fraction of sp³-hybridized carbons (Fsp3) is 0.0625. The molecule has 1 N–H and O–H groups in total. The van der Waals surface area contributed by atoms with Crippen molar-refractivity contribution in [3.63, 3.8) is 0 Å². The molecule has 3 heterocycles. The third-order valence-corrected chi connectivity index (χ3v) is 4.00. The molecule has 0 atom stereocenters. The first-order chi connectivity index (χ1) is 11.1. The highest BCUT2D eigenvalue weighted by Gasteiger charge is 2.17. The summed E-state index contributed by atoms with van der Waals surface area (Å²) in [5.41, 5.74) is 1.16. The Labute approximate surface area is 134 Å². The normalized spacial score (nSPS) is 11.4. The topological polar surface area (TPSA) is 63.6 Å². The van der Waals surface area contributed by atoms with Crippen molar-refractivity contribution in [1.82, 2.24) is 19.7 Å². The second kappa shape index (κ2) is 4.89. The molecule has 0 unspecified atom stereocenters. The molecular formula is C16H10ClFN4O. The number of hydrogen-bond acceptors (Lipinski definition) is 3. The molecule has 0 spiro atoms. The summed E-state index contributed by atoms with van der Waals surface area (Å²) in [5, 5.41) is 5.06. The smallest absolute Gasteiger partial charge is 0.200 e. The highest BCUT2D eigenvalue weighted by atomic mass is 35.5. The number of benzene rings is 1. The summed E-state index contributed by atoms with van der Waals surface area (Å²) in [6.07, 6.45) is 1.64. The van der Waals surface area contributed by atoms with E-state index in [0.717, 1.165) is 0 Å². The number of nitrogens with one attached hydrogen (secondary N) is 1. The maximum Gasteiger partial charge on any atom is 0.200 e. The van der Waals surface area contributed by atoms with E-state index in [1.807, 2.05) is 6.07 Å². The lowest BCUT2D eigenvalue weighted by atomic mass is 10.1. The van der Waals surface area contributed by atoms with Gasteiger partial charge in [0, 0.05) is 11.6 Å². The molecule has 5 nitrogen and oxygen atoms in total. The standard InChI is InChI=1S/C16H10ClFN4O/c1-8-14-15(23)9-6-10(17)11(18)7-12(9)20-16(14)22(21-8)13-4-2-3-5-19-13/h2-7H,1H3,(H,20,23). The van der Waals surface area contributed by atoms with Crippen LogP contribution in [-0.4, -0.2) is 19.7 Å². The Kier molecular flexibility index (Phi) is 2.96. The lowest BCUT2D eigenvalue weighted by Gasteiger charge is -2.04. The molecule has 0 saturated carbocycles. The van der Waals surface area contributed by atoms with Crippen LogP contribution in [0.5, 0.6) is 0 Å². The zero-order valence-electron chi connectivity index (χ0n) is 12.0. The van der Waals surface area contributed by atoms with Crippen molar-refractivity contribution in [3.8, 4) is 5.82 Å². The van der Waals surface area contributed by atoms with Gasteiger partial charge in [0.1, 0.15) is 11.5 Å². The Morgan fingerprint density at radius 3 is 2.87 bits per heavy atom. The molecule has 3 aromatic heterocycles. The molecule has 0 aliphatic carbocycles. The molecule has 0 fully saturated rings. The SMILES string of the molecule is Cc1nn(-c2ccccn2)c2[nH]c3cc(F)c(Cl)cc3c(=O)c12. The number of pyridine rings is 2. The predicted molar refractivity (Wildman–Crippen MR) is 86.7 cm³/mol. The van der Waals surface area contributed by atoms with Crippen LogP contribution in [0.2, 0.25) is 5.02 Å². The Hall–Kier alpha value is -2.73. The van der Waals surface area contributed by atoms with E-state index in [1.54, 1.807) is 25.3 Å². The summed E-state index contributed by atoms with van der Waals surface area (Å²) in [5.74, 6) is -0.0233. The summed E-state index contributed by atoms with van der Waals surface area (Å²) in [6, 6.07) is 7.93. The largest absolute Gasteiger partial charge is 0.339 e. The van der Waals surface area contributed by atoms with Crippen LogP contribution in [-0.2, 0) is 0 Å². The van der Waals surface area contributed by atoms with E-state index in [-0.39, 0.29) is 10.5 Å². The lowest BCUT2D eigenvalue weighted by Crippen LogP contribution is -2.06. The molecule has 0 aliphatic rings. The number of aromatic nitrogens is 4. The fourth-order valence-electron chi connectivity index (χ4n) is 2.66. The van der Waals surface area contributed by atoms with Gasteiger partial charge in [0.25, 0.3) is 0 Å². The molecule has 0 bridgehead atoms. The van der Waals surface area contributed by atoms with E-state index in [4.69, 9.17) is 11.6 Å². The molecule has 0 amide bonds. The Balaban J connectivity index is 2.17. The van der Waals surface area contributed by atoms with Crippen LogP contribution >= 0.6 is 11.6 Å². The van der Waals surface area contributed by atoms with Gasteiger partial charge >= 0.3 is 0 Å². The molecular weight excluding hydrogens is 319 g/mol. The van der Waals surface area contributed by atoms with E-state index < -0.39 is 5.82 Å². The van der Waals surface area contributed by atoms with Crippen molar-refractivity contribution in [2.24, 2.45) is 0 Å². The summed E-state index contributed by atoms with van der Waals surface area (Å²) < 4.78 is 15.3. The van der Waals surface area contributed by atoms with Crippen molar-refractivity contribution >= 4 is 33.5 Å². The molecule has 0 saturated heterocycles. The van der Waals surface area contributed by atoms with Crippen molar-refractivity contribution in [2.75, 3.05) is 0 Å². The van der Waals surface area contributed by atoms with Crippen LogP contribution in [0.15, 0.2) is 41.3 Å². The first kappa shape index (κ1) is 13.9. The minimum atomic E-state index is -0.588. The summed E-state index contributed by atoms with van der Waals surface area (Å²) in [6.45, 7) is 1.74. The number of fused-ring (bicyclic) bond motifs is 2. The van der Waals surface area contributed by atoms with E-state index in [1.165, 1.54) is 16.8 Å². The van der Waals surface area contributed by atoms with Crippen LogP contribution in [0.25, 0.3) is 27.8 Å². The second-order valence-corrected chi connectivity index (χ2v) is 5.58. The van der Waals surface area contributed by atoms with Gasteiger partial charge < -0.3 is 4.98 Å². The highest BCUT2D eigenvalue weighted by molar-refractivity contribution is 6.31. The molecule has 23 heavy (non-hydrogen) atoms. The second-order valence-electron chi connectivity index (χ2n) is 5.17. The first-order valence-electron chi connectivity index (χ1n) is 6.88. The van der Waals surface area contributed by atoms with Gasteiger partial charge in [-0.15, -0.1) is 0 Å². The van der Waals surface area contributed by atoms with E-state index in [2.05, 4.69) is 15.1 Å². The Bertz CT molecular complexity index is 1120. The van der Waals surface area contributed by atoms with Crippen molar-refractivity contribution in [2.45, 2.75) is 6.92 Å². The lowest BCUT2D eigenvalue weighted by molar-refractivity contribution is 0.630. The van der Waals surface area contributed by atoms with Gasteiger partial charge in [-0.05, 0) is 31.2 Å². The van der Waals surface area contributed by atoms with Gasteiger partial charge in [-0.1, -0.05) is 17.7 Å². The average molecular weight is 329 g/mol. The van der Waals surface area contributed by atoms with Crippen molar-refractivity contribution < 1.29 is 4.39 Å². The van der Waals surface area contributed by atoms with Gasteiger partial charge in [0.2, 0.25) is 5.43 Å². The van der Waals surface area contributed by atoms with Crippen LogP contribution in [0.3, 0.4) is 0 Å². The molecule has 0 aliphatic heterocycles. The van der Waals surface area contributed by atoms with Crippen LogP contribution in [0.1, 0.15) is 5.69 Å². The van der Waals surface area contributed by atoms with E-state index in [0.29, 0.717) is 33.4 Å². The van der Waals surface area contributed by atoms with Crippen LogP contribution in [0.4, 0.5) is 4.39 Å². The maximum atomic E-state index is 13.7. The first-order valence-corrected chi connectivity index (χ1v) is 7.26. The van der Waals surface area contributed by atoms with Crippen LogP contribution < -0.4 is 5.43 Å². The number of nitrogens with zero attached hydrogens (tertiary/aromatic N) is 3. The third kappa shape index (κ3) is 2.03. The zero-order chi connectivity index (χ0) is 16.1. The highest BCUT2D eigenvalue weighted by Crippen LogP contribution is 2.24. The molecule has 7 heteroatoms. The van der Waals surface area contributed by atoms with Crippen molar-refractivity contribution in [3.05, 3.63) is 63.3 Å². The molecule has 114 valence electrons. The molecule has 4 rings (SSSR count). The summed E-state index contributed by atoms with van der Waals surface area (Å²) in [4.78, 5) is 20.0. The summed E-state index contributed by atoms with van der Waals surface area (Å²) in [7, 11) is 0. The van der Waals surface area contributed by atoms with Crippen LogP contribution in [0, 0.1) is 12.7 Å². The van der Waals surface area contributed by atoms with Gasteiger partial charge in [-0.25, -0.2) is 9.37 Å². The van der Waals surface area contributed by atoms with Gasteiger partial charge in [-0.2, -0.15) is 9.78 Å². The quantitative estimate of drug-likeness (QED) is 0.582. The molecule has 1 aromatic carbocycles. The van der Waals surface area contributed by atoms with Gasteiger partial charge in [-0.3, -0.25) is 4.79 Å². The average Bonchev–Trinajstić information content (AvgIpc) is 2.87. The van der Waals surface area contributed by atoms with E-state index >= 15 is 0 Å². The number of H-pyrrole nitrogens is 1. The summed E-state index contributed by atoms with van der Waals surface area (Å²) >= 11 is 5.79. The third-order valence-electron chi connectivity index (χ3n) is 3.71. The van der Waals surface area contributed by atoms with Crippen molar-refractivity contribution in [1.29, 1.82) is 0 Å².